The van der Waals surface area contributed by atoms with Crippen LogP contribution in [0.15, 0.2) is 6.07 Å². The van der Waals surface area contributed by atoms with Crippen LogP contribution < -0.4 is 4.74 Å². The van der Waals surface area contributed by atoms with Gasteiger partial charge < -0.3 is 4.74 Å². The number of alkyl halides is 7. The maximum atomic E-state index is 12.5. The van der Waals surface area contributed by atoms with E-state index in [2.05, 4.69) is 9.72 Å². The quantitative estimate of drug-likeness (QED) is 0.432. The van der Waals surface area contributed by atoms with Gasteiger partial charge in [0.25, 0.3) is 0 Å². The largest absolute Gasteiger partial charge is 0.574 e. The van der Waals surface area contributed by atoms with Crippen molar-refractivity contribution in [3.8, 4) is 5.88 Å². The van der Waals surface area contributed by atoms with Crippen molar-refractivity contribution in [1.82, 2.24) is 4.98 Å². The Morgan fingerprint density at radius 3 is 2.11 bits per heavy atom. The summed E-state index contributed by atoms with van der Waals surface area (Å²) in [6, 6.07) is 0.0184. The summed E-state index contributed by atoms with van der Waals surface area (Å²) < 4.78 is 88.3. The van der Waals surface area contributed by atoms with E-state index in [0.29, 0.717) is 0 Å². The summed E-state index contributed by atoms with van der Waals surface area (Å²) in [6.07, 6.45) is -10.2. The molecule has 0 aliphatic rings. The molecule has 0 fully saturated rings. The van der Waals surface area contributed by atoms with Crippen LogP contribution in [-0.4, -0.2) is 11.3 Å². The summed E-state index contributed by atoms with van der Waals surface area (Å²) >= 11 is 1.20. The highest BCUT2D eigenvalue weighted by molar-refractivity contribution is 14.1. The Bertz CT molecular complexity index is 442. The number of nitrogens with zero attached hydrogens (tertiary/aromatic N) is 1. The normalized spacial score (nSPS) is 12.7. The lowest BCUT2D eigenvalue weighted by Crippen LogP contribution is -2.20. The average molecular weight is 389 g/mol. The van der Waals surface area contributed by atoms with Gasteiger partial charge in [0.1, 0.15) is 10.4 Å². The molecule has 0 atom stereocenters. The van der Waals surface area contributed by atoms with Crippen molar-refractivity contribution in [2.45, 2.75) is 19.2 Å². The topological polar surface area (TPSA) is 22.1 Å². The number of ether oxygens (including phenoxy) is 1. The smallest absolute Gasteiger partial charge is 0.388 e. The maximum Gasteiger partial charge on any atom is 0.574 e. The Morgan fingerprint density at radius 1 is 1.17 bits per heavy atom. The molecule has 1 aromatic heterocycles. The van der Waals surface area contributed by atoms with Crippen LogP contribution in [0.25, 0.3) is 0 Å². The number of rotatable bonds is 2. The number of hydrogen-bond acceptors (Lipinski definition) is 2. The molecule has 10 heteroatoms. The van der Waals surface area contributed by atoms with Crippen molar-refractivity contribution in [2.24, 2.45) is 0 Å². The minimum Gasteiger partial charge on any atom is -0.388 e. The lowest BCUT2D eigenvalue weighted by Gasteiger charge is -2.15. The van der Waals surface area contributed by atoms with Gasteiger partial charge in [0.05, 0.1) is 5.56 Å². The summed E-state index contributed by atoms with van der Waals surface area (Å²) in [7, 11) is 0. The van der Waals surface area contributed by atoms with E-state index in [-0.39, 0.29) is 6.07 Å². The zero-order valence-electron chi connectivity index (χ0n) is 8.16. The molecule has 0 amide bonds. The molecular formula is C8H3F7INO. The van der Waals surface area contributed by atoms with E-state index in [1.807, 2.05) is 0 Å². The molecule has 2 nitrogen and oxygen atoms in total. The van der Waals surface area contributed by atoms with E-state index in [4.69, 9.17) is 0 Å². The number of hydrogen-bond donors (Lipinski definition) is 0. The fourth-order valence-electron chi connectivity index (χ4n) is 1.07. The molecule has 0 bridgehead atoms. The van der Waals surface area contributed by atoms with Crippen molar-refractivity contribution in [2.75, 3.05) is 0 Å². The highest BCUT2D eigenvalue weighted by atomic mass is 127. The van der Waals surface area contributed by atoms with Crippen LogP contribution in [0.4, 0.5) is 30.7 Å². The Balaban J connectivity index is 3.31. The number of pyridine rings is 1. The van der Waals surface area contributed by atoms with Gasteiger partial charge in [-0.1, -0.05) is 0 Å². The van der Waals surface area contributed by atoms with Crippen molar-refractivity contribution in [3.05, 3.63) is 20.9 Å². The van der Waals surface area contributed by atoms with Crippen molar-refractivity contribution in [3.63, 3.8) is 0 Å². The van der Waals surface area contributed by atoms with Crippen LogP contribution in [0.1, 0.15) is 11.1 Å². The molecule has 0 aromatic carbocycles. The van der Waals surface area contributed by atoms with E-state index in [0.717, 1.165) is 0 Å². The summed E-state index contributed by atoms with van der Waals surface area (Å²) in [5.74, 6) is -1.28. The third-order valence-corrected chi connectivity index (χ3v) is 2.60. The SMILES string of the molecule is FCc1c(C(F)(F)F)cc(OC(F)(F)F)nc1I. The standard InChI is InChI=1S/C8H3F7INO/c9-2-3-4(7(10,11)12)1-5(17-6(3)16)18-8(13,14)15/h1H,2H2. The molecule has 1 aromatic rings. The lowest BCUT2D eigenvalue weighted by molar-refractivity contribution is -0.276. The Labute approximate surface area is 109 Å². The first-order chi connectivity index (χ1) is 8.04. The zero-order chi connectivity index (χ0) is 14.1. The van der Waals surface area contributed by atoms with Gasteiger partial charge in [-0.05, 0) is 22.6 Å². The Morgan fingerprint density at radius 2 is 1.72 bits per heavy atom. The zero-order valence-corrected chi connectivity index (χ0v) is 10.3. The third-order valence-electron chi connectivity index (χ3n) is 1.71. The minimum absolute atomic E-state index is 0.0184. The van der Waals surface area contributed by atoms with E-state index in [1.165, 1.54) is 22.6 Å². The molecule has 0 aliphatic carbocycles. The molecule has 0 radical (unpaired) electrons. The molecule has 1 rings (SSSR count). The average Bonchev–Trinajstić information content (AvgIpc) is 2.12. The molecule has 0 aliphatic heterocycles. The Hall–Kier alpha value is -0.810. The third kappa shape index (κ3) is 3.85. The van der Waals surface area contributed by atoms with Crippen LogP contribution in [-0.2, 0) is 12.9 Å². The fourth-order valence-corrected chi connectivity index (χ4v) is 1.74. The lowest BCUT2D eigenvalue weighted by atomic mass is 10.1. The van der Waals surface area contributed by atoms with Gasteiger partial charge in [0, 0.05) is 11.6 Å². The van der Waals surface area contributed by atoms with Gasteiger partial charge in [-0.3, -0.25) is 0 Å². The van der Waals surface area contributed by atoms with Crippen LogP contribution >= 0.6 is 22.6 Å². The van der Waals surface area contributed by atoms with Gasteiger partial charge in [0.2, 0.25) is 5.88 Å². The summed E-state index contributed by atoms with van der Waals surface area (Å²) in [5, 5.41) is 0. The predicted octanol–water partition coefficient (Wildman–Crippen LogP) is 4.07. The second kappa shape index (κ2) is 5.05. The molecular weight excluding hydrogens is 386 g/mol. The van der Waals surface area contributed by atoms with Gasteiger partial charge in [-0.15, -0.1) is 13.2 Å². The molecule has 1 heterocycles. The van der Waals surface area contributed by atoms with Crippen molar-refractivity contribution >= 4 is 22.6 Å². The van der Waals surface area contributed by atoms with Gasteiger partial charge >= 0.3 is 12.5 Å². The van der Waals surface area contributed by atoms with Crippen molar-refractivity contribution in [1.29, 1.82) is 0 Å². The van der Waals surface area contributed by atoms with Crippen LogP contribution in [0.2, 0.25) is 0 Å². The monoisotopic (exact) mass is 389 g/mol. The van der Waals surface area contributed by atoms with Gasteiger partial charge in [0.15, 0.2) is 0 Å². The van der Waals surface area contributed by atoms with Gasteiger partial charge in [-0.2, -0.15) is 13.2 Å². The highest BCUT2D eigenvalue weighted by Gasteiger charge is 2.38. The first kappa shape index (κ1) is 15.2. The molecule has 0 unspecified atom stereocenters. The molecule has 0 saturated heterocycles. The molecule has 0 spiro atoms. The summed E-state index contributed by atoms with van der Waals surface area (Å²) in [4.78, 5) is 3.11. The Kier molecular flexibility index (Phi) is 4.28. The van der Waals surface area contributed by atoms with E-state index < -0.39 is 39.9 Å². The molecule has 0 saturated carbocycles. The highest BCUT2D eigenvalue weighted by Crippen LogP contribution is 2.36. The second-order valence-electron chi connectivity index (χ2n) is 2.96. The second-order valence-corrected chi connectivity index (χ2v) is 3.98. The van der Waals surface area contributed by atoms with E-state index in [1.54, 1.807) is 0 Å². The first-order valence-electron chi connectivity index (χ1n) is 4.13. The molecule has 102 valence electrons. The number of aromatic nitrogens is 1. The summed E-state index contributed by atoms with van der Waals surface area (Å²) in [6.45, 7) is -1.49. The predicted molar refractivity (Wildman–Crippen MR) is 53.5 cm³/mol. The van der Waals surface area contributed by atoms with E-state index >= 15 is 0 Å². The van der Waals surface area contributed by atoms with Crippen LogP contribution in [0, 0.1) is 3.70 Å². The van der Waals surface area contributed by atoms with Gasteiger partial charge in [-0.25, -0.2) is 9.37 Å². The van der Waals surface area contributed by atoms with Crippen LogP contribution in [0.5, 0.6) is 5.88 Å². The number of halogens is 8. The van der Waals surface area contributed by atoms with E-state index in [9.17, 15) is 30.7 Å². The maximum absolute atomic E-state index is 12.5. The van der Waals surface area contributed by atoms with Crippen LogP contribution in [0.3, 0.4) is 0 Å². The molecule has 0 N–H and O–H groups in total. The first-order valence-corrected chi connectivity index (χ1v) is 5.21. The fraction of sp³-hybridized carbons (Fsp3) is 0.375. The minimum atomic E-state index is -5.17. The van der Waals surface area contributed by atoms with Crippen molar-refractivity contribution < 1.29 is 35.5 Å². The molecule has 18 heavy (non-hydrogen) atoms. The summed E-state index contributed by atoms with van der Waals surface area (Å²) in [5.41, 5.74) is -2.36.